The predicted molar refractivity (Wildman–Crippen MR) is 88.8 cm³/mol. The highest BCUT2D eigenvalue weighted by atomic mass is 16.2. The van der Waals surface area contributed by atoms with Gasteiger partial charge in [-0.25, -0.2) is 0 Å². The maximum atomic E-state index is 11.9. The second kappa shape index (κ2) is 5.93. The molecule has 0 aromatic heterocycles. The maximum Gasteiger partial charge on any atom is 0.237 e. The molecule has 0 radical (unpaired) electrons. The Morgan fingerprint density at radius 2 is 1.41 bits per heavy atom. The van der Waals surface area contributed by atoms with Crippen molar-refractivity contribution in [3.05, 3.63) is 70.8 Å². The van der Waals surface area contributed by atoms with Gasteiger partial charge in [0, 0.05) is 13.0 Å². The van der Waals surface area contributed by atoms with Crippen LogP contribution in [0.5, 0.6) is 0 Å². The van der Waals surface area contributed by atoms with E-state index in [0.717, 1.165) is 0 Å². The molecule has 1 saturated heterocycles. The van der Waals surface area contributed by atoms with Gasteiger partial charge in [-0.2, -0.15) is 0 Å². The number of likely N-dealkylation sites (N-methyl/N-ethyl adjacent to an activating group) is 1. The quantitative estimate of drug-likeness (QED) is 0.944. The van der Waals surface area contributed by atoms with Crippen molar-refractivity contribution in [2.24, 2.45) is 0 Å². The lowest BCUT2D eigenvalue weighted by atomic mass is 9.87. The van der Waals surface area contributed by atoms with Crippen molar-refractivity contribution in [1.29, 1.82) is 0 Å². The molecule has 1 heterocycles. The van der Waals surface area contributed by atoms with Gasteiger partial charge in [0.15, 0.2) is 0 Å². The first-order chi connectivity index (χ1) is 10.6. The monoisotopic (exact) mass is 294 g/mol. The molecule has 1 atom stereocenters. The number of amides is 1. The molecule has 2 aromatic rings. The van der Waals surface area contributed by atoms with Crippen molar-refractivity contribution in [3.8, 4) is 0 Å². The molecule has 0 unspecified atom stereocenters. The first-order valence-corrected chi connectivity index (χ1v) is 7.68. The molecule has 1 aliphatic heterocycles. The number of carbonyl (C=O) groups is 1. The lowest BCUT2D eigenvalue weighted by molar-refractivity contribution is -0.126. The average molecular weight is 294 g/mol. The SMILES string of the molecule is Cc1ccc(C(c2ccc(C)cc2)[C@H]2NCC(=O)N2C)cc1. The average Bonchev–Trinajstić information content (AvgIpc) is 2.84. The molecule has 3 nitrogen and oxygen atoms in total. The number of hydrogen-bond acceptors (Lipinski definition) is 2. The Morgan fingerprint density at radius 1 is 0.955 bits per heavy atom. The molecular weight excluding hydrogens is 272 g/mol. The van der Waals surface area contributed by atoms with Crippen molar-refractivity contribution in [2.45, 2.75) is 25.9 Å². The van der Waals surface area contributed by atoms with Gasteiger partial charge < -0.3 is 4.90 Å². The van der Waals surface area contributed by atoms with Gasteiger partial charge in [0.25, 0.3) is 0 Å². The summed E-state index contributed by atoms with van der Waals surface area (Å²) in [5.41, 5.74) is 4.95. The number of benzene rings is 2. The predicted octanol–water partition coefficient (Wildman–Crippen LogP) is 2.82. The molecule has 3 rings (SSSR count). The summed E-state index contributed by atoms with van der Waals surface area (Å²) in [5.74, 6) is 0.284. The van der Waals surface area contributed by atoms with E-state index in [1.54, 1.807) is 0 Å². The molecule has 2 aromatic carbocycles. The largest absolute Gasteiger partial charge is 0.328 e. The Hall–Kier alpha value is -2.13. The van der Waals surface area contributed by atoms with Gasteiger partial charge in [-0.1, -0.05) is 59.7 Å². The van der Waals surface area contributed by atoms with Gasteiger partial charge in [0.2, 0.25) is 5.91 Å². The lowest BCUT2D eigenvalue weighted by Crippen LogP contribution is -2.40. The van der Waals surface area contributed by atoms with Crippen LogP contribution in [0.2, 0.25) is 0 Å². The molecule has 22 heavy (non-hydrogen) atoms. The molecular formula is C19H22N2O. The molecule has 0 aliphatic carbocycles. The highest BCUT2D eigenvalue weighted by Gasteiger charge is 2.35. The summed E-state index contributed by atoms with van der Waals surface area (Å²) in [7, 11) is 1.88. The number of nitrogens with zero attached hydrogens (tertiary/aromatic N) is 1. The number of carbonyl (C=O) groups excluding carboxylic acids is 1. The summed E-state index contributed by atoms with van der Waals surface area (Å²) in [6.07, 6.45) is -0.00193. The van der Waals surface area contributed by atoms with E-state index in [2.05, 4.69) is 67.7 Å². The summed E-state index contributed by atoms with van der Waals surface area (Å²) < 4.78 is 0. The summed E-state index contributed by atoms with van der Waals surface area (Å²) in [5, 5.41) is 3.36. The van der Waals surface area contributed by atoms with Gasteiger partial charge in [-0.15, -0.1) is 0 Å². The topological polar surface area (TPSA) is 32.3 Å². The van der Waals surface area contributed by atoms with Crippen LogP contribution in [-0.4, -0.2) is 30.6 Å². The van der Waals surface area contributed by atoms with Crippen LogP contribution in [0.4, 0.5) is 0 Å². The van der Waals surface area contributed by atoms with Crippen LogP contribution in [-0.2, 0) is 4.79 Å². The molecule has 114 valence electrons. The Balaban J connectivity index is 2.03. The molecule has 1 fully saturated rings. The molecule has 0 saturated carbocycles. The fourth-order valence-corrected chi connectivity index (χ4v) is 3.05. The van der Waals surface area contributed by atoms with Gasteiger partial charge in [0.05, 0.1) is 12.7 Å². The van der Waals surface area contributed by atoms with E-state index in [1.165, 1.54) is 22.3 Å². The molecule has 1 N–H and O–H groups in total. The minimum atomic E-state index is -0.00193. The van der Waals surface area contributed by atoms with Crippen molar-refractivity contribution in [2.75, 3.05) is 13.6 Å². The second-order valence-corrected chi connectivity index (χ2v) is 6.13. The van der Waals surface area contributed by atoms with E-state index in [9.17, 15) is 4.79 Å². The zero-order valence-electron chi connectivity index (χ0n) is 13.3. The van der Waals surface area contributed by atoms with Crippen LogP contribution in [0, 0.1) is 13.8 Å². The van der Waals surface area contributed by atoms with Crippen LogP contribution >= 0.6 is 0 Å². The Morgan fingerprint density at radius 3 is 1.77 bits per heavy atom. The maximum absolute atomic E-state index is 11.9. The van der Waals surface area contributed by atoms with Crippen LogP contribution in [0.1, 0.15) is 28.2 Å². The van der Waals surface area contributed by atoms with Gasteiger partial charge >= 0.3 is 0 Å². The molecule has 3 heteroatoms. The van der Waals surface area contributed by atoms with E-state index >= 15 is 0 Å². The fourth-order valence-electron chi connectivity index (χ4n) is 3.05. The Labute approximate surface area is 132 Å². The minimum absolute atomic E-state index is 0.00193. The van der Waals surface area contributed by atoms with E-state index in [0.29, 0.717) is 6.54 Å². The summed E-state index contributed by atoms with van der Waals surface area (Å²) in [4.78, 5) is 13.7. The Kier molecular flexibility index (Phi) is 3.99. The number of rotatable bonds is 3. The third kappa shape index (κ3) is 2.77. The smallest absolute Gasteiger partial charge is 0.237 e. The van der Waals surface area contributed by atoms with E-state index < -0.39 is 0 Å². The Bertz CT molecular complexity index is 615. The standard InChI is InChI=1S/C19H22N2O/c1-13-4-8-15(9-5-13)18(16-10-6-14(2)7-11-16)19-20-12-17(22)21(19)3/h4-11,18-20H,12H2,1-3H3/t19-/m0/s1. The van der Waals surface area contributed by atoms with Crippen LogP contribution in [0.15, 0.2) is 48.5 Å². The van der Waals surface area contributed by atoms with Crippen LogP contribution in [0.25, 0.3) is 0 Å². The highest BCUT2D eigenvalue weighted by Crippen LogP contribution is 2.31. The van der Waals surface area contributed by atoms with Gasteiger partial charge in [-0.3, -0.25) is 10.1 Å². The fraction of sp³-hybridized carbons (Fsp3) is 0.316. The zero-order valence-corrected chi connectivity index (χ0v) is 13.3. The van der Waals surface area contributed by atoms with Crippen molar-refractivity contribution >= 4 is 5.91 Å². The summed E-state index contributed by atoms with van der Waals surface area (Å²) in [6, 6.07) is 17.2. The van der Waals surface area contributed by atoms with Crippen LogP contribution in [0.3, 0.4) is 0 Å². The summed E-state index contributed by atoms with van der Waals surface area (Å²) in [6.45, 7) is 4.59. The van der Waals surface area contributed by atoms with Crippen molar-refractivity contribution < 1.29 is 4.79 Å². The van der Waals surface area contributed by atoms with Crippen LogP contribution < -0.4 is 5.32 Å². The summed E-state index contributed by atoms with van der Waals surface area (Å²) >= 11 is 0. The van der Waals surface area contributed by atoms with E-state index in [4.69, 9.17) is 0 Å². The van der Waals surface area contributed by atoms with Crippen molar-refractivity contribution in [3.63, 3.8) is 0 Å². The first-order valence-electron chi connectivity index (χ1n) is 7.68. The normalized spacial score (nSPS) is 18.3. The van der Waals surface area contributed by atoms with E-state index in [-0.39, 0.29) is 18.0 Å². The molecule has 1 aliphatic rings. The molecule has 0 spiro atoms. The van der Waals surface area contributed by atoms with E-state index in [1.807, 2.05) is 11.9 Å². The number of nitrogens with one attached hydrogen (secondary N) is 1. The highest BCUT2D eigenvalue weighted by molar-refractivity contribution is 5.80. The third-order valence-corrected chi connectivity index (χ3v) is 4.46. The third-order valence-electron chi connectivity index (χ3n) is 4.46. The first kappa shape index (κ1) is 14.8. The lowest BCUT2D eigenvalue weighted by Gasteiger charge is -2.30. The van der Waals surface area contributed by atoms with Crippen molar-refractivity contribution in [1.82, 2.24) is 10.2 Å². The molecule has 0 bridgehead atoms. The minimum Gasteiger partial charge on any atom is -0.328 e. The number of hydrogen-bond donors (Lipinski definition) is 1. The number of aryl methyl sites for hydroxylation is 2. The molecule has 1 amide bonds. The van der Waals surface area contributed by atoms with Gasteiger partial charge in [-0.05, 0) is 25.0 Å². The zero-order chi connectivity index (χ0) is 15.7. The van der Waals surface area contributed by atoms with Gasteiger partial charge in [0.1, 0.15) is 0 Å². The second-order valence-electron chi connectivity index (χ2n) is 6.13.